The van der Waals surface area contributed by atoms with Crippen LogP contribution in [0.25, 0.3) is 22.0 Å². The van der Waals surface area contributed by atoms with Gasteiger partial charge in [-0.1, -0.05) is 49.4 Å². The molecule has 2 aliphatic carbocycles. The Morgan fingerprint density at radius 3 is 2.27 bits per heavy atom. The lowest BCUT2D eigenvalue weighted by Gasteiger charge is -2.24. The quantitative estimate of drug-likeness (QED) is 0.107. The summed E-state index contributed by atoms with van der Waals surface area (Å²) in [4.78, 5) is 13.9. The molecule has 0 bridgehead atoms. The first-order valence-electron chi connectivity index (χ1n) is 18.0. The fraction of sp³-hybridized carbons (Fsp3) is 0.359. The largest absolute Gasteiger partial charge is 0.435 e. The minimum atomic E-state index is -5.13. The molecule has 0 saturated heterocycles. The molecule has 21 heteroatoms. The maximum absolute atomic E-state index is 15.4. The van der Waals surface area contributed by atoms with Crippen molar-refractivity contribution >= 4 is 44.3 Å². The summed E-state index contributed by atoms with van der Waals surface area (Å²) in [5.74, 6) is -4.32. The van der Waals surface area contributed by atoms with E-state index in [1.54, 1.807) is 13.8 Å². The molecule has 0 spiro atoms. The SMILES string of the molecule is CC(C)C#Cc1ccc(-c2ccc(Cl)c3c(NS(C)(=O)=O)nn(CC(F)(F)F)c23)c([C@H](Cc2cc(F)cc(F)c2)NC(=O)Cn2nc(C(F)(F)F)c3c2C(F)(F)[C@@H]2C[C@H]32)c1. The molecule has 2 aromatic heterocycles. The molecular weight excluding hydrogens is 858 g/mol. The average Bonchev–Trinajstić information content (AvgIpc) is 3.63. The predicted molar refractivity (Wildman–Crippen MR) is 199 cm³/mol. The van der Waals surface area contributed by atoms with Crippen molar-refractivity contribution in [2.75, 3.05) is 11.0 Å². The third-order valence-corrected chi connectivity index (χ3v) is 10.7. The van der Waals surface area contributed by atoms with E-state index in [0.717, 1.165) is 18.4 Å². The molecule has 1 fully saturated rings. The minimum absolute atomic E-state index is 0.0258. The summed E-state index contributed by atoms with van der Waals surface area (Å²) >= 11 is 6.47. The molecule has 0 unspecified atom stereocenters. The maximum atomic E-state index is 15.4. The fourth-order valence-corrected chi connectivity index (χ4v) is 8.34. The molecule has 2 N–H and O–H groups in total. The van der Waals surface area contributed by atoms with E-state index in [0.29, 0.717) is 15.4 Å². The average molecular weight is 889 g/mol. The van der Waals surface area contributed by atoms with Crippen LogP contribution in [0.4, 0.5) is 49.7 Å². The lowest BCUT2D eigenvalue weighted by molar-refractivity contribution is -0.142. The van der Waals surface area contributed by atoms with E-state index in [4.69, 9.17) is 11.6 Å². The molecule has 1 saturated carbocycles. The van der Waals surface area contributed by atoms with Crippen molar-refractivity contribution in [2.45, 2.75) is 70.0 Å². The van der Waals surface area contributed by atoms with Gasteiger partial charge in [0.2, 0.25) is 15.9 Å². The molecule has 5 aromatic rings. The Hall–Kier alpha value is -5.29. The predicted octanol–water partition coefficient (Wildman–Crippen LogP) is 9.10. The summed E-state index contributed by atoms with van der Waals surface area (Å²) in [6.07, 6.45) is -9.97. The fourth-order valence-electron chi connectivity index (χ4n) is 7.60. The highest BCUT2D eigenvalue weighted by atomic mass is 35.5. The van der Waals surface area contributed by atoms with Crippen molar-refractivity contribution in [3.05, 3.63) is 98.8 Å². The number of nitrogens with zero attached hydrogens (tertiary/aromatic N) is 4. The third kappa shape index (κ3) is 8.64. The highest BCUT2D eigenvalue weighted by Crippen LogP contribution is 2.68. The number of carbonyl (C=O) groups is 1. The number of fused-ring (bicyclic) bond motifs is 4. The van der Waals surface area contributed by atoms with Crippen LogP contribution < -0.4 is 10.0 Å². The van der Waals surface area contributed by atoms with E-state index < -0.39 is 106 Å². The molecule has 7 rings (SSSR count). The van der Waals surface area contributed by atoms with Crippen molar-refractivity contribution < 1.29 is 57.1 Å². The van der Waals surface area contributed by atoms with Gasteiger partial charge in [0.25, 0.3) is 5.92 Å². The summed E-state index contributed by atoms with van der Waals surface area (Å²) in [5, 5.41) is 9.40. The molecule has 60 heavy (non-hydrogen) atoms. The van der Waals surface area contributed by atoms with Gasteiger partial charge in [0, 0.05) is 34.6 Å². The number of anilines is 1. The number of sulfonamides is 1. The topological polar surface area (TPSA) is 111 Å². The van der Waals surface area contributed by atoms with Crippen LogP contribution in [0.2, 0.25) is 5.02 Å². The first kappa shape index (κ1) is 42.8. The van der Waals surface area contributed by atoms with Crippen molar-refractivity contribution in [2.24, 2.45) is 11.8 Å². The number of carbonyl (C=O) groups excluding carboxylic acids is 1. The monoisotopic (exact) mass is 888 g/mol. The van der Waals surface area contributed by atoms with Gasteiger partial charge >= 0.3 is 12.4 Å². The first-order chi connectivity index (χ1) is 27.8. The van der Waals surface area contributed by atoms with Crippen LogP contribution >= 0.6 is 11.6 Å². The standard InChI is InChI=1S/C39H31ClF10N6O3S/c1-18(2)4-5-19-6-7-23(24-8-9-28(40)32-33(24)56(17-37(43,44)45)53-36(32)54-60(3,58)59)25(12-19)29(13-20-10-21(41)14-22(42)11-20)51-30(57)16-55-35-31(34(52-55)39(48,49)50)26-15-27(26)38(35,46)47/h6-12,14,18,26-27,29H,13,15-17H2,1-3H3,(H,51,57)(H,53,54)/t26-,27+,29-/m0/s1. The number of benzene rings is 3. The molecule has 0 aliphatic heterocycles. The number of amides is 1. The Bertz CT molecular complexity index is 2710. The molecule has 1 amide bonds. The van der Waals surface area contributed by atoms with Gasteiger partial charge in [-0.15, -0.1) is 0 Å². The van der Waals surface area contributed by atoms with Gasteiger partial charge in [-0.05, 0) is 65.8 Å². The van der Waals surface area contributed by atoms with Crippen LogP contribution in [-0.4, -0.2) is 46.3 Å². The van der Waals surface area contributed by atoms with Gasteiger partial charge < -0.3 is 5.32 Å². The van der Waals surface area contributed by atoms with Gasteiger partial charge in [0.05, 0.1) is 28.2 Å². The van der Waals surface area contributed by atoms with Crippen LogP contribution in [-0.2, 0) is 46.4 Å². The van der Waals surface area contributed by atoms with Crippen molar-refractivity contribution in [3.63, 3.8) is 0 Å². The number of halogens is 11. The summed E-state index contributed by atoms with van der Waals surface area (Å²) < 4.78 is 172. The van der Waals surface area contributed by atoms with Gasteiger partial charge in [-0.3, -0.25) is 18.9 Å². The van der Waals surface area contributed by atoms with E-state index in [-0.39, 0.29) is 56.1 Å². The second kappa shape index (κ2) is 15.0. The van der Waals surface area contributed by atoms with Gasteiger partial charge in [-0.2, -0.15) is 45.3 Å². The van der Waals surface area contributed by atoms with Gasteiger partial charge in [0.15, 0.2) is 11.5 Å². The number of hydrogen-bond donors (Lipinski definition) is 2. The molecule has 3 aromatic carbocycles. The van der Waals surface area contributed by atoms with E-state index in [2.05, 4.69) is 32.1 Å². The molecule has 2 aliphatic rings. The van der Waals surface area contributed by atoms with Gasteiger partial charge in [-0.25, -0.2) is 17.2 Å². The van der Waals surface area contributed by atoms with E-state index >= 15 is 8.78 Å². The summed E-state index contributed by atoms with van der Waals surface area (Å²) in [6, 6.07) is 7.82. The second-order valence-electron chi connectivity index (χ2n) is 15.0. The number of rotatable bonds is 10. The van der Waals surface area contributed by atoms with Crippen LogP contribution in [0.5, 0.6) is 0 Å². The highest BCUT2D eigenvalue weighted by molar-refractivity contribution is 7.92. The Balaban J connectivity index is 1.42. The van der Waals surface area contributed by atoms with E-state index in [9.17, 15) is 48.3 Å². The molecule has 2 heterocycles. The lowest BCUT2D eigenvalue weighted by atomic mass is 9.89. The van der Waals surface area contributed by atoms with Crippen LogP contribution in [0.15, 0.2) is 48.5 Å². The Morgan fingerprint density at radius 2 is 1.65 bits per heavy atom. The smallest absolute Gasteiger partial charge is 0.347 e. The summed E-state index contributed by atoms with van der Waals surface area (Å²) in [6.45, 7) is 0.662. The van der Waals surface area contributed by atoms with Crippen LogP contribution in [0, 0.1) is 35.3 Å². The normalized spacial score (nSPS) is 17.6. The second-order valence-corrected chi connectivity index (χ2v) is 17.1. The van der Waals surface area contributed by atoms with Crippen molar-refractivity contribution in [3.8, 4) is 23.0 Å². The zero-order valence-electron chi connectivity index (χ0n) is 31.3. The lowest BCUT2D eigenvalue weighted by Crippen LogP contribution is -2.35. The minimum Gasteiger partial charge on any atom is -0.347 e. The van der Waals surface area contributed by atoms with E-state index in [1.807, 2.05) is 0 Å². The molecule has 318 valence electrons. The molecule has 3 atom stereocenters. The number of hydrogen-bond acceptors (Lipinski definition) is 5. The molecular formula is C39H31ClF10N6O3S. The zero-order valence-corrected chi connectivity index (χ0v) is 32.9. The first-order valence-corrected chi connectivity index (χ1v) is 20.3. The van der Waals surface area contributed by atoms with E-state index in [1.165, 1.54) is 30.3 Å². The number of nitrogens with one attached hydrogen (secondary N) is 2. The number of alkyl halides is 8. The third-order valence-electron chi connectivity index (χ3n) is 9.87. The summed E-state index contributed by atoms with van der Waals surface area (Å²) in [7, 11) is -4.14. The van der Waals surface area contributed by atoms with Crippen molar-refractivity contribution in [1.29, 1.82) is 0 Å². The highest BCUT2D eigenvalue weighted by Gasteiger charge is 2.68. The Morgan fingerprint density at radius 1 is 0.983 bits per heavy atom. The zero-order chi connectivity index (χ0) is 43.9. The maximum Gasteiger partial charge on any atom is 0.435 e. The Kier molecular flexibility index (Phi) is 10.7. The molecule has 9 nitrogen and oxygen atoms in total. The van der Waals surface area contributed by atoms with Crippen molar-refractivity contribution in [1.82, 2.24) is 24.9 Å². The summed E-state index contributed by atoms with van der Waals surface area (Å²) in [5.41, 5.74) is -3.42. The molecule has 0 radical (unpaired) electrons. The number of aromatic nitrogens is 4. The van der Waals surface area contributed by atoms with Crippen LogP contribution in [0.1, 0.15) is 65.9 Å². The van der Waals surface area contributed by atoms with Crippen LogP contribution in [0.3, 0.4) is 0 Å². The Labute approximate surface area is 340 Å². The van der Waals surface area contributed by atoms with Gasteiger partial charge in [0.1, 0.15) is 30.4 Å².